The van der Waals surface area contributed by atoms with E-state index in [0.717, 1.165) is 30.0 Å². The van der Waals surface area contributed by atoms with Gasteiger partial charge in [0.1, 0.15) is 0 Å². The van der Waals surface area contributed by atoms with Crippen molar-refractivity contribution < 1.29 is 4.74 Å². The van der Waals surface area contributed by atoms with E-state index in [0.29, 0.717) is 12.6 Å². The number of ether oxygens (including phenoxy) is 1. The molecule has 0 radical (unpaired) electrons. The van der Waals surface area contributed by atoms with Crippen molar-refractivity contribution in [2.24, 2.45) is 10.7 Å². The molecular weight excluding hydrogens is 246 g/mol. The fourth-order valence-electron chi connectivity index (χ4n) is 1.51. The van der Waals surface area contributed by atoms with E-state index in [4.69, 9.17) is 10.5 Å². The van der Waals surface area contributed by atoms with Gasteiger partial charge in [-0.2, -0.15) is 11.8 Å². The lowest BCUT2D eigenvalue weighted by atomic mass is 10.2. The molecule has 0 saturated heterocycles. The number of benzene rings is 1. The standard InChI is InChI=1S/C13H21N3OS/c1-17-10-11-6-3-4-7-12(11)16-13(14)15-8-5-9-18-2/h3-4,6-7H,5,8-10H2,1-2H3,(H3,14,15,16). The smallest absolute Gasteiger partial charge is 0.193 e. The third-order valence-corrected chi connectivity index (χ3v) is 3.07. The van der Waals surface area contributed by atoms with Crippen LogP contribution in [0.15, 0.2) is 29.3 Å². The Kier molecular flexibility index (Phi) is 7.29. The molecule has 3 N–H and O–H groups in total. The molecule has 0 spiro atoms. The lowest BCUT2D eigenvalue weighted by Gasteiger charge is -2.10. The highest BCUT2D eigenvalue weighted by Crippen LogP contribution is 2.15. The highest BCUT2D eigenvalue weighted by molar-refractivity contribution is 7.98. The van der Waals surface area contributed by atoms with Crippen molar-refractivity contribution in [3.63, 3.8) is 0 Å². The largest absolute Gasteiger partial charge is 0.380 e. The lowest BCUT2D eigenvalue weighted by Crippen LogP contribution is -2.23. The van der Waals surface area contributed by atoms with Crippen molar-refractivity contribution in [2.75, 3.05) is 31.0 Å². The zero-order valence-electron chi connectivity index (χ0n) is 11.0. The van der Waals surface area contributed by atoms with Gasteiger partial charge < -0.3 is 15.8 Å². The highest BCUT2D eigenvalue weighted by Gasteiger charge is 2.01. The first-order chi connectivity index (χ1) is 8.77. The molecule has 4 nitrogen and oxygen atoms in total. The number of nitrogens with one attached hydrogen (secondary N) is 1. The summed E-state index contributed by atoms with van der Waals surface area (Å²) >= 11 is 1.82. The number of nitrogens with two attached hydrogens (primary N) is 1. The van der Waals surface area contributed by atoms with Crippen molar-refractivity contribution in [3.8, 4) is 0 Å². The number of guanidine groups is 1. The zero-order valence-corrected chi connectivity index (χ0v) is 11.8. The van der Waals surface area contributed by atoms with E-state index in [1.165, 1.54) is 0 Å². The molecule has 0 bridgehead atoms. The van der Waals surface area contributed by atoms with Crippen molar-refractivity contribution >= 4 is 23.4 Å². The van der Waals surface area contributed by atoms with E-state index in [1.54, 1.807) is 7.11 Å². The molecule has 0 aliphatic carbocycles. The summed E-state index contributed by atoms with van der Waals surface area (Å²) in [6.07, 6.45) is 3.13. The van der Waals surface area contributed by atoms with Gasteiger partial charge in [-0.15, -0.1) is 0 Å². The Morgan fingerprint density at radius 2 is 2.22 bits per heavy atom. The Balaban J connectivity index is 2.55. The van der Waals surface area contributed by atoms with Crippen LogP contribution in [0.2, 0.25) is 0 Å². The van der Waals surface area contributed by atoms with Gasteiger partial charge in [-0.25, -0.2) is 0 Å². The molecular formula is C13H21N3OS. The molecule has 1 aromatic rings. The number of aliphatic imine (C=N–C) groups is 1. The Hall–Kier alpha value is -1.20. The third kappa shape index (κ3) is 5.42. The SMILES string of the molecule is COCc1ccccc1NC(N)=NCCCSC. The van der Waals surface area contributed by atoms with Gasteiger partial charge in [0.05, 0.1) is 6.61 Å². The van der Waals surface area contributed by atoms with Crippen LogP contribution in [-0.4, -0.2) is 31.6 Å². The van der Waals surface area contributed by atoms with Crippen LogP contribution in [0.25, 0.3) is 0 Å². The Bertz CT molecular complexity index is 382. The van der Waals surface area contributed by atoms with Gasteiger partial charge in [-0.05, 0) is 24.5 Å². The van der Waals surface area contributed by atoms with Gasteiger partial charge in [-0.1, -0.05) is 18.2 Å². The molecule has 100 valence electrons. The minimum atomic E-state index is 0.458. The second-order valence-corrected chi connectivity index (χ2v) is 4.81. The maximum atomic E-state index is 5.84. The normalized spacial score (nSPS) is 11.6. The zero-order chi connectivity index (χ0) is 13.2. The minimum Gasteiger partial charge on any atom is -0.380 e. The summed E-state index contributed by atoms with van der Waals surface area (Å²) in [7, 11) is 1.68. The van der Waals surface area contributed by atoms with E-state index >= 15 is 0 Å². The van der Waals surface area contributed by atoms with Crippen LogP contribution in [0.4, 0.5) is 5.69 Å². The average molecular weight is 267 g/mol. The Morgan fingerprint density at radius 1 is 1.44 bits per heavy atom. The fraction of sp³-hybridized carbons (Fsp3) is 0.462. The molecule has 0 atom stereocenters. The average Bonchev–Trinajstić information content (AvgIpc) is 2.37. The molecule has 5 heteroatoms. The summed E-state index contributed by atoms with van der Waals surface area (Å²) in [4.78, 5) is 4.29. The second kappa shape index (κ2) is 8.83. The van der Waals surface area contributed by atoms with Crippen molar-refractivity contribution in [1.82, 2.24) is 0 Å². The quantitative estimate of drug-likeness (QED) is 0.452. The molecule has 0 amide bonds. The third-order valence-electron chi connectivity index (χ3n) is 2.37. The van der Waals surface area contributed by atoms with Crippen molar-refractivity contribution in [2.45, 2.75) is 13.0 Å². The number of thioether (sulfide) groups is 1. The van der Waals surface area contributed by atoms with Gasteiger partial charge in [0, 0.05) is 24.9 Å². The van der Waals surface area contributed by atoms with Crippen LogP contribution < -0.4 is 11.1 Å². The highest BCUT2D eigenvalue weighted by atomic mass is 32.2. The maximum Gasteiger partial charge on any atom is 0.193 e. The Morgan fingerprint density at radius 3 is 2.94 bits per heavy atom. The van der Waals surface area contributed by atoms with Crippen LogP contribution in [0.1, 0.15) is 12.0 Å². The molecule has 1 rings (SSSR count). The molecule has 0 heterocycles. The van der Waals surface area contributed by atoms with Gasteiger partial charge in [0.25, 0.3) is 0 Å². The number of methoxy groups -OCH3 is 1. The summed E-state index contributed by atoms with van der Waals surface area (Å²) in [6.45, 7) is 1.31. The van der Waals surface area contributed by atoms with Gasteiger partial charge in [0.2, 0.25) is 0 Å². The van der Waals surface area contributed by atoms with E-state index in [1.807, 2.05) is 36.0 Å². The monoisotopic (exact) mass is 267 g/mol. The number of hydrogen-bond acceptors (Lipinski definition) is 3. The molecule has 0 aliphatic heterocycles. The first-order valence-electron chi connectivity index (χ1n) is 5.90. The second-order valence-electron chi connectivity index (χ2n) is 3.83. The molecule has 0 unspecified atom stereocenters. The van der Waals surface area contributed by atoms with E-state index in [9.17, 15) is 0 Å². The van der Waals surface area contributed by atoms with E-state index < -0.39 is 0 Å². The number of rotatable bonds is 7. The number of para-hydroxylation sites is 1. The van der Waals surface area contributed by atoms with Gasteiger partial charge in [0.15, 0.2) is 5.96 Å². The lowest BCUT2D eigenvalue weighted by molar-refractivity contribution is 0.185. The molecule has 0 aromatic heterocycles. The van der Waals surface area contributed by atoms with Crippen molar-refractivity contribution in [1.29, 1.82) is 0 Å². The van der Waals surface area contributed by atoms with Crippen LogP contribution in [0.5, 0.6) is 0 Å². The summed E-state index contributed by atoms with van der Waals surface area (Å²) in [5, 5.41) is 3.11. The van der Waals surface area contributed by atoms with Gasteiger partial charge >= 0.3 is 0 Å². The van der Waals surface area contributed by atoms with Gasteiger partial charge in [-0.3, -0.25) is 4.99 Å². The fourth-order valence-corrected chi connectivity index (χ4v) is 1.93. The molecule has 18 heavy (non-hydrogen) atoms. The van der Waals surface area contributed by atoms with Crippen LogP contribution in [-0.2, 0) is 11.3 Å². The van der Waals surface area contributed by atoms with Crippen LogP contribution in [0, 0.1) is 0 Å². The predicted octanol–water partition coefficient (Wildman–Crippen LogP) is 2.31. The first kappa shape index (κ1) is 14.9. The minimum absolute atomic E-state index is 0.458. The van der Waals surface area contributed by atoms with E-state index in [-0.39, 0.29) is 0 Å². The number of hydrogen-bond donors (Lipinski definition) is 2. The molecule has 0 aliphatic rings. The number of anilines is 1. The molecule has 0 fully saturated rings. The Labute approximate surface area is 113 Å². The van der Waals surface area contributed by atoms with Crippen LogP contribution >= 0.6 is 11.8 Å². The van der Waals surface area contributed by atoms with E-state index in [2.05, 4.69) is 16.6 Å². The summed E-state index contributed by atoms with van der Waals surface area (Å²) in [5.74, 6) is 1.57. The first-order valence-corrected chi connectivity index (χ1v) is 7.30. The summed E-state index contributed by atoms with van der Waals surface area (Å²) in [5.41, 5.74) is 7.87. The van der Waals surface area contributed by atoms with Crippen LogP contribution in [0.3, 0.4) is 0 Å². The topological polar surface area (TPSA) is 59.6 Å². The molecule has 1 aromatic carbocycles. The summed E-state index contributed by atoms with van der Waals surface area (Å²) in [6, 6.07) is 7.92. The maximum absolute atomic E-state index is 5.84. The molecule has 0 saturated carbocycles. The van der Waals surface area contributed by atoms with Crippen molar-refractivity contribution in [3.05, 3.63) is 29.8 Å². The number of nitrogens with zero attached hydrogens (tertiary/aromatic N) is 1. The summed E-state index contributed by atoms with van der Waals surface area (Å²) < 4.78 is 5.14. The predicted molar refractivity (Wildman–Crippen MR) is 80.3 cm³/mol.